The van der Waals surface area contributed by atoms with Crippen LogP contribution in [0.2, 0.25) is 0 Å². The molecule has 7 nitrogen and oxygen atoms in total. The summed E-state index contributed by atoms with van der Waals surface area (Å²) in [6.07, 6.45) is 0. The topological polar surface area (TPSA) is 89.9 Å². The number of rotatable bonds is 5. The van der Waals surface area contributed by atoms with Crippen LogP contribution in [-0.4, -0.2) is 38.1 Å². The third kappa shape index (κ3) is 3.40. The number of hydrogen-bond donors (Lipinski definition) is 1. The number of primary amides is 1. The summed E-state index contributed by atoms with van der Waals surface area (Å²) in [5, 5.41) is 11.8. The lowest BCUT2D eigenvalue weighted by molar-refractivity contribution is -0.123. The third-order valence-corrected chi connectivity index (χ3v) is 3.31. The molecule has 2 aromatic rings. The molecule has 2 rings (SSSR count). The predicted octanol–water partition coefficient (Wildman–Crippen LogP) is 0.631. The van der Waals surface area contributed by atoms with Gasteiger partial charge in [0.15, 0.2) is 5.82 Å². The Morgan fingerprint density at radius 2 is 2.30 bits per heavy atom. The molecule has 1 aromatic carbocycles. The van der Waals surface area contributed by atoms with Crippen LogP contribution in [0.15, 0.2) is 28.7 Å². The average Bonchev–Trinajstić information content (AvgIpc) is 2.74. The normalized spacial score (nSPS) is 12.6. The monoisotopic (exact) mass is 338 g/mol. The first-order valence-electron chi connectivity index (χ1n) is 5.95. The number of aromatic nitrogens is 4. The van der Waals surface area contributed by atoms with Crippen LogP contribution in [-0.2, 0) is 18.4 Å². The van der Waals surface area contributed by atoms with E-state index in [1.807, 2.05) is 24.3 Å². The van der Waals surface area contributed by atoms with Crippen LogP contribution >= 0.6 is 15.9 Å². The Hall–Kier alpha value is -1.80. The average molecular weight is 339 g/mol. The van der Waals surface area contributed by atoms with E-state index in [2.05, 4.69) is 31.3 Å². The number of carbonyl (C=O) groups excluding carboxylic acids is 1. The molecular weight excluding hydrogens is 324 g/mol. The number of nitrogens with two attached hydrogens (primary N) is 1. The Kier molecular flexibility index (Phi) is 4.46. The molecule has 1 heterocycles. The summed E-state index contributed by atoms with van der Waals surface area (Å²) in [5.74, 6) is 0.116. The van der Waals surface area contributed by atoms with E-state index < -0.39 is 11.9 Å². The molecule has 0 aliphatic heterocycles. The molecule has 0 spiro atoms. The van der Waals surface area contributed by atoms with E-state index in [0.29, 0.717) is 12.4 Å². The number of carbonyl (C=O) groups is 1. The van der Waals surface area contributed by atoms with E-state index in [0.717, 1.165) is 10.0 Å². The highest BCUT2D eigenvalue weighted by Crippen LogP contribution is 2.23. The molecule has 2 N–H and O–H groups in total. The van der Waals surface area contributed by atoms with E-state index >= 15 is 0 Å². The minimum absolute atomic E-state index is 0.383. The molecule has 0 saturated carbocycles. The maximum Gasteiger partial charge on any atom is 0.239 e. The lowest BCUT2D eigenvalue weighted by atomic mass is 10.1. The van der Waals surface area contributed by atoms with Crippen molar-refractivity contribution in [3.8, 4) is 0 Å². The number of amides is 1. The highest BCUT2D eigenvalue weighted by atomic mass is 79.9. The fourth-order valence-electron chi connectivity index (χ4n) is 2.01. The minimum Gasteiger partial charge on any atom is -0.368 e. The van der Waals surface area contributed by atoms with Gasteiger partial charge < -0.3 is 5.73 Å². The van der Waals surface area contributed by atoms with Crippen LogP contribution < -0.4 is 5.73 Å². The Balaban J connectivity index is 2.22. The Morgan fingerprint density at radius 1 is 1.55 bits per heavy atom. The van der Waals surface area contributed by atoms with Crippen LogP contribution in [0.1, 0.15) is 17.4 Å². The van der Waals surface area contributed by atoms with E-state index in [-0.39, 0.29) is 0 Å². The fourth-order valence-corrected chi connectivity index (χ4v) is 2.43. The van der Waals surface area contributed by atoms with Gasteiger partial charge >= 0.3 is 0 Å². The van der Waals surface area contributed by atoms with Gasteiger partial charge in [-0.15, -0.1) is 10.2 Å². The van der Waals surface area contributed by atoms with Gasteiger partial charge in [-0.3, -0.25) is 9.69 Å². The maximum atomic E-state index is 11.8. The summed E-state index contributed by atoms with van der Waals surface area (Å²) in [7, 11) is 3.49. The zero-order chi connectivity index (χ0) is 14.7. The molecular formula is C12H15BrN6O. The van der Waals surface area contributed by atoms with Gasteiger partial charge in [-0.1, -0.05) is 28.1 Å². The molecule has 20 heavy (non-hydrogen) atoms. The van der Waals surface area contributed by atoms with Crippen molar-refractivity contribution in [3.63, 3.8) is 0 Å². The zero-order valence-electron chi connectivity index (χ0n) is 11.2. The van der Waals surface area contributed by atoms with Gasteiger partial charge in [-0.25, -0.2) is 0 Å². The number of likely N-dealkylation sites (N-methyl/N-ethyl adjacent to an activating group) is 1. The molecule has 0 bridgehead atoms. The minimum atomic E-state index is -0.545. The van der Waals surface area contributed by atoms with Crippen molar-refractivity contribution in [2.24, 2.45) is 12.8 Å². The van der Waals surface area contributed by atoms with E-state index in [1.54, 1.807) is 19.0 Å². The van der Waals surface area contributed by atoms with Crippen molar-refractivity contribution in [1.82, 2.24) is 25.1 Å². The lowest BCUT2D eigenvalue weighted by Crippen LogP contribution is -2.35. The van der Waals surface area contributed by atoms with Crippen LogP contribution in [0.25, 0.3) is 0 Å². The first-order valence-corrected chi connectivity index (χ1v) is 6.74. The lowest BCUT2D eigenvalue weighted by Gasteiger charge is -2.24. The van der Waals surface area contributed by atoms with Gasteiger partial charge in [-0.05, 0) is 30.0 Å². The first kappa shape index (κ1) is 14.6. The highest BCUT2D eigenvalue weighted by molar-refractivity contribution is 9.10. The predicted molar refractivity (Wildman–Crippen MR) is 76.3 cm³/mol. The number of nitrogens with zero attached hydrogens (tertiary/aromatic N) is 5. The summed E-state index contributed by atoms with van der Waals surface area (Å²) < 4.78 is 0.896. The van der Waals surface area contributed by atoms with E-state index in [9.17, 15) is 4.79 Å². The van der Waals surface area contributed by atoms with Gasteiger partial charge in [0.05, 0.1) is 13.6 Å². The molecule has 8 heteroatoms. The molecule has 1 amide bonds. The third-order valence-electron chi connectivity index (χ3n) is 2.82. The summed E-state index contributed by atoms with van der Waals surface area (Å²) in [5.41, 5.74) is 6.34. The summed E-state index contributed by atoms with van der Waals surface area (Å²) >= 11 is 3.39. The second-order valence-electron chi connectivity index (χ2n) is 4.47. The van der Waals surface area contributed by atoms with Gasteiger partial charge in [-0.2, -0.15) is 4.80 Å². The smallest absolute Gasteiger partial charge is 0.239 e. The standard InChI is InChI=1S/C12H15BrN6O/c1-18(7-10-15-17-19(2)16-10)11(12(14)20)8-4-3-5-9(13)6-8/h3-6,11H,7H2,1-2H3,(H2,14,20)/t11-/m0/s1. The van der Waals surface area contributed by atoms with Crippen molar-refractivity contribution in [2.75, 3.05) is 7.05 Å². The van der Waals surface area contributed by atoms with E-state index in [4.69, 9.17) is 5.73 Å². The SMILES string of the molecule is CN(Cc1nnn(C)n1)[C@H](C(N)=O)c1cccc(Br)c1. The number of hydrogen-bond acceptors (Lipinski definition) is 5. The number of halogens is 1. The fraction of sp³-hybridized carbons (Fsp3) is 0.333. The highest BCUT2D eigenvalue weighted by Gasteiger charge is 2.24. The van der Waals surface area contributed by atoms with Crippen LogP contribution in [0.4, 0.5) is 0 Å². The van der Waals surface area contributed by atoms with Gasteiger partial charge in [0.25, 0.3) is 0 Å². The zero-order valence-corrected chi connectivity index (χ0v) is 12.8. The van der Waals surface area contributed by atoms with Crippen molar-refractivity contribution in [2.45, 2.75) is 12.6 Å². The molecule has 106 valence electrons. The van der Waals surface area contributed by atoms with Crippen LogP contribution in [0.3, 0.4) is 0 Å². The molecule has 0 fully saturated rings. The molecule has 0 unspecified atom stereocenters. The molecule has 1 aromatic heterocycles. The number of tetrazole rings is 1. The quantitative estimate of drug-likeness (QED) is 0.863. The second kappa shape index (κ2) is 6.10. The summed E-state index contributed by atoms with van der Waals surface area (Å²) in [6.45, 7) is 0.383. The number of aryl methyl sites for hydroxylation is 1. The Bertz CT molecular complexity index is 613. The van der Waals surface area contributed by atoms with Gasteiger partial charge in [0.2, 0.25) is 5.91 Å². The molecule has 0 radical (unpaired) electrons. The largest absolute Gasteiger partial charge is 0.368 e. The van der Waals surface area contributed by atoms with Crippen LogP contribution in [0, 0.1) is 0 Å². The first-order chi connectivity index (χ1) is 9.47. The van der Waals surface area contributed by atoms with Crippen molar-refractivity contribution < 1.29 is 4.79 Å². The van der Waals surface area contributed by atoms with Crippen molar-refractivity contribution in [1.29, 1.82) is 0 Å². The Labute approximate surface area is 124 Å². The number of benzene rings is 1. The van der Waals surface area contributed by atoms with Crippen molar-refractivity contribution >= 4 is 21.8 Å². The van der Waals surface area contributed by atoms with Crippen LogP contribution in [0.5, 0.6) is 0 Å². The second-order valence-corrected chi connectivity index (χ2v) is 5.39. The summed E-state index contributed by atoms with van der Waals surface area (Å²) in [4.78, 5) is 14.9. The Morgan fingerprint density at radius 3 is 2.85 bits per heavy atom. The van der Waals surface area contributed by atoms with Gasteiger partial charge in [0.1, 0.15) is 6.04 Å². The van der Waals surface area contributed by atoms with Crippen molar-refractivity contribution in [3.05, 3.63) is 40.1 Å². The molecule has 0 saturated heterocycles. The van der Waals surface area contributed by atoms with Gasteiger partial charge in [0, 0.05) is 4.47 Å². The summed E-state index contributed by atoms with van der Waals surface area (Å²) in [6, 6.07) is 6.95. The molecule has 0 aliphatic carbocycles. The van der Waals surface area contributed by atoms with E-state index in [1.165, 1.54) is 4.80 Å². The molecule has 1 atom stereocenters. The molecule has 0 aliphatic rings. The maximum absolute atomic E-state index is 11.8.